The lowest BCUT2D eigenvalue weighted by Crippen LogP contribution is -2.47. The Kier molecular flexibility index (Phi) is 5.36. The van der Waals surface area contributed by atoms with Gasteiger partial charge >= 0.3 is 0 Å². The summed E-state index contributed by atoms with van der Waals surface area (Å²) in [5, 5.41) is 5.96. The molecule has 1 aromatic rings. The summed E-state index contributed by atoms with van der Waals surface area (Å²) in [6, 6.07) is 7.72. The first-order valence-electron chi connectivity index (χ1n) is 7.27. The summed E-state index contributed by atoms with van der Waals surface area (Å²) < 4.78 is 23.1. The Morgan fingerprint density at radius 1 is 1.33 bits per heavy atom. The quantitative estimate of drug-likeness (QED) is 0.837. The molecule has 1 fully saturated rings. The van der Waals surface area contributed by atoms with Gasteiger partial charge in [-0.15, -0.1) is 0 Å². The lowest BCUT2D eigenvalue weighted by atomic mass is 10.1. The van der Waals surface area contributed by atoms with Crippen molar-refractivity contribution in [2.24, 2.45) is 0 Å². The third-order valence-electron chi connectivity index (χ3n) is 3.71. The number of nitrogens with one attached hydrogen (secondary N) is 2. The largest absolute Gasteiger partial charge is 0.352 e. The average molecular weight is 310 g/mol. The Balaban J connectivity index is 1.85. The summed E-state index contributed by atoms with van der Waals surface area (Å²) in [5.41, 5.74) is 2.33. The molecule has 0 spiro atoms. The van der Waals surface area contributed by atoms with Gasteiger partial charge in [0, 0.05) is 25.6 Å². The van der Waals surface area contributed by atoms with Crippen molar-refractivity contribution >= 4 is 15.7 Å². The fourth-order valence-corrected chi connectivity index (χ4v) is 4.01. The van der Waals surface area contributed by atoms with E-state index in [2.05, 4.69) is 23.6 Å². The van der Waals surface area contributed by atoms with Crippen LogP contribution < -0.4 is 10.6 Å². The number of rotatable bonds is 5. The number of aryl methyl sites for hydroxylation is 1. The van der Waals surface area contributed by atoms with Gasteiger partial charge in [-0.05, 0) is 17.5 Å². The maximum Gasteiger partial charge on any atom is 0.221 e. The predicted molar refractivity (Wildman–Crippen MR) is 82.7 cm³/mol. The van der Waals surface area contributed by atoms with E-state index in [1.54, 1.807) is 0 Å². The van der Waals surface area contributed by atoms with Crippen LogP contribution in [0.4, 0.5) is 0 Å². The highest BCUT2D eigenvalue weighted by atomic mass is 32.2. The normalized spacial score (nSPS) is 20.9. The highest BCUT2D eigenvalue weighted by Gasteiger charge is 2.25. The zero-order valence-electron chi connectivity index (χ0n) is 12.3. The molecule has 1 amide bonds. The molecular weight excluding hydrogens is 288 g/mol. The number of hydrogen-bond acceptors (Lipinski definition) is 4. The number of sulfone groups is 1. The van der Waals surface area contributed by atoms with Crippen LogP contribution in [0.1, 0.15) is 24.5 Å². The smallest absolute Gasteiger partial charge is 0.221 e. The molecule has 1 heterocycles. The lowest BCUT2D eigenvalue weighted by molar-refractivity contribution is -0.121. The zero-order valence-corrected chi connectivity index (χ0v) is 13.1. The molecule has 21 heavy (non-hydrogen) atoms. The topological polar surface area (TPSA) is 75.3 Å². The van der Waals surface area contributed by atoms with Crippen molar-refractivity contribution in [1.29, 1.82) is 0 Å². The summed E-state index contributed by atoms with van der Waals surface area (Å²) in [5.74, 6) is 0.0940. The minimum absolute atomic E-state index is 0.0476. The van der Waals surface area contributed by atoms with Crippen LogP contribution in [0.25, 0.3) is 0 Å². The van der Waals surface area contributed by atoms with Gasteiger partial charge in [0.15, 0.2) is 9.84 Å². The van der Waals surface area contributed by atoms with E-state index in [1.807, 2.05) is 18.2 Å². The van der Waals surface area contributed by atoms with E-state index in [9.17, 15) is 13.2 Å². The van der Waals surface area contributed by atoms with Crippen LogP contribution in [-0.4, -0.2) is 38.4 Å². The van der Waals surface area contributed by atoms with E-state index in [0.717, 1.165) is 12.0 Å². The van der Waals surface area contributed by atoms with Crippen LogP contribution in [0.15, 0.2) is 24.3 Å². The fourth-order valence-electron chi connectivity index (χ4n) is 2.56. The van der Waals surface area contributed by atoms with Crippen molar-refractivity contribution in [1.82, 2.24) is 10.6 Å². The van der Waals surface area contributed by atoms with Gasteiger partial charge in [-0.25, -0.2) is 8.42 Å². The lowest BCUT2D eigenvalue weighted by Gasteiger charge is -2.23. The minimum Gasteiger partial charge on any atom is -0.352 e. The first-order valence-corrected chi connectivity index (χ1v) is 9.09. The van der Waals surface area contributed by atoms with E-state index in [4.69, 9.17) is 0 Å². The van der Waals surface area contributed by atoms with Gasteiger partial charge < -0.3 is 10.6 Å². The Morgan fingerprint density at radius 2 is 2.05 bits per heavy atom. The molecule has 6 heteroatoms. The highest BCUT2D eigenvalue weighted by molar-refractivity contribution is 7.91. The molecular formula is C15H22N2O3S. The van der Waals surface area contributed by atoms with Crippen LogP contribution in [0.3, 0.4) is 0 Å². The van der Waals surface area contributed by atoms with Gasteiger partial charge in [-0.3, -0.25) is 4.79 Å². The number of carbonyl (C=O) groups is 1. The summed E-state index contributed by atoms with van der Waals surface area (Å²) in [6.45, 7) is 3.00. The van der Waals surface area contributed by atoms with Crippen LogP contribution in [0.2, 0.25) is 0 Å². The standard InChI is InChI=1S/C15H22N2O3S/c1-2-12-5-3-4-6-13(12)10-17-15(18)9-14-11-21(19,20)8-7-16-14/h3-6,14,16H,2,7-11H2,1H3,(H,17,18). The minimum atomic E-state index is -3.00. The van der Waals surface area contributed by atoms with E-state index >= 15 is 0 Å². The second kappa shape index (κ2) is 7.04. The zero-order chi connectivity index (χ0) is 15.3. The molecule has 0 aromatic heterocycles. The third kappa shape index (κ3) is 4.82. The molecule has 0 bridgehead atoms. The van der Waals surface area contributed by atoms with Crippen molar-refractivity contribution < 1.29 is 13.2 Å². The van der Waals surface area contributed by atoms with Gasteiger partial charge in [0.1, 0.15) is 0 Å². The van der Waals surface area contributed by atoms with Crippen molar-refractivity contribution in [3.63, 3.8) is 0 Å². The van der Waals surface area contributed by atoms with Gasteiger partial charge in [0.25, 0.3) is 0 Å². The van der Waals surface area contributed by atoms with Crippen molar-refractivity contribution in [3.05, 3.63) is 35.4 Å². The van der Waals surface area contributed by atoms with Crippen molar-refractivity contribution in [3.8, 4) is 0 Å². The fraction of sp³-hybridized carbons (Fsp3) is 0.533. The maximum absolute atomic E-state index is 11.9. The van der Waals surface area contributed by atoms with Gasteiger partial charge in [0.05, 0.1) is 11.5 Å². The molecule has 0 aliphatic carbocycles. The molecule has 1 aliphatic rings. The molecule has 1 aromatic carbocycles. The maximum atomic E-state index is 11.9. The summed E-state index contributed by atoms with van der Waals surface area (Å²) in [6.07, 6.45) is 1.13. The second-order valence-electron chi connectivity index (χ2n) is 5.37. The molecule has 0 saturated carbocycles. The third-order valence-corrected chi connectivity index (χ3v) is 5.44. The number of benzene rings is 1. The SMILES string of the molecule is CCc1ccccc1CNC(=O)CC1CS(=O)(=O)CCN1. The highest BCUT2D eigenvalue weighted by Crippen LogP contribution is 2.09. The van der Waals surface area contributed by atoms with E-state index in [-0.39, 0.29) is 29.9 Å². The summed E-state index contributed by atoms with van der Waals surface area (Å²) in [4.78, 5) is 11.9. The van der Waals surface area contributed by atoms with E-state index < -0.39 is 9.84 Å². The first kappa shape index (κ1) is 16.0. The monoisotopic (exact) mass is 310 g/mol. The molecule has 1 saturated heterocycles. The molecule has 1 atom stereocenters. The van der Waals surface area contributed by atoms with Gasteiger partial charge in [0.2, 0.25) is 5.91 Å². The summed E-state index contributed by atoms with van der Waals surface area (Å²) in [7, 11) is -3.00. The summed E-state index contributed by atoms with van der Waals surface area (Å²) >= 11 is 0. The Bertz CT molecular complexity index is 599. The number of amides is 1. The van der Waals surface area contributed by atoms with Crippen molar-refractivity contribution in [2.45, 2.75) is 32.4 Å². The van der Waals surface area contributed by atoms with E-state index in [1.165, 1.54) is 5.56 Å². The van der Waals surface area contributed by atoms with Crippen molar-refractivity contribution in [2.75, 3.05) is 18.1 Å². The Hall–Kier alpha value is -1.40. The molecule has 1 aliphatic heterocycles. The number of hydrogen-bond donors (Lipinski definition) is 2. The molecule has 2 N–H and O–H groups in total. The number of carbonyl (C=O) groups excluding carboxylic acids is 1. The first-order chi connectivity index (χ1) is 10.00. The van der Waals surface area contributed by atoms with Gasteiger partial charge in [-0.1, -0.05) is 31.2 Å². The Morgan fingerprint density at radius 3 is 2.71 bits per heavy atom. The molecule has 2 rings (SSSR count). The van der Waals surface area contributed by atoms with Crippen LogP contribution in [0, 0.1) is 0 Å². The molecule has 0 radical (unpaired) electrons. The predicted octanol–water partition coefficient (Wildman–Crippen LogP) is 0.642. The van der Waals surface area contributed by atoms with Crippen LogP contribution in [-0.2, 0) is 27.6 Å². The molecule has 116 valence electrons. The second-order valence-corrected chi connectivity index (χ2v) is 7.60. The van der Waals surface area contributed by atoms with Crippen LogP contribution in [0.5, 0.6) is 0 Å². The van der Waals surface area contributed by atoms with Gasteiger partial charge in [-0.2, -0.15) is 0 Å². The molecule has 5 nitrogen and oxygen atoms in total. The van der Waals surface area contributed by atoms with E-state index in [0.29, 0.717) is 13.1 Å². The Labute approximate surface area is 126 Å². The molecule has 1 unspecified atom stereocenters. The average Bonchev–Trinajstić information content (AvgIpc) is 2.44. The van der Waals surface area contributed by atoms with Crippen LogP contribution >= 0.6 is 0 Å².